The van der Waals surface area contributed by atoms with E-state index < -0.39 is 0 Å². The van der Waals surface area contributed by atoms with Crippen LogP contribution in [-0.2, 0) is 6.54 Å². The van der Waals surface area contributed by atoms with Crippen molar-refractivity contribution in [3.05, 3.63) is 52.0 Å². The van der Waals surface area contributed by atoms with Crippen LogP contribution in [0.4, 0.5) is 5.69 Å². The highest BCUT2D eigenvalue weighted by molar-refractivity contribution is 9.10. The van der Waals surface area contributed by atoms with Gasteiger partial charge in [-0.05, 0) is 52.7 Å². The van der Waals surface area contributed by atoms with Crippen molar-refractivity contribution in [2.45, 2.75) is 13.5 Å². The predicted octanol–water partition coefficient (Wildman–Crippen LogP) is 4.11. The molecule has 4 heteroatoms. The van der Waals surface area contributed by atoms with Crippen molar-refractivity contribution in [3.63, 3.8) is 0 Å². The first-order valence-corrected chi connectivity index (χ1v) is 7.13. The molecule has 2 aromatic rings. The molecule has 0 aliphatic rings. The van der Waals surface area contributed by atoms with Gasteiger partial charge in [0.05, 0.1) is 11.6 Å². The molecule has 0 aliphatic carbocycles. The van der Waals surface area contributed by atoms with E-state index in [1.807, 2.05) is 19.2 Å². The summed E-state index contributed by atoms with van der Waals surface area (Å²) in [4.78, 5) is 2.15. The number of nitrogens with zero attached hydrogens (tertiary/aromatic N) is 1. The third-order valence-corrected chi connectivity index (χ3v) is 3.81. The summed E-state index contributed by atoms with van der Waals surface area (Å²) in [5.41, 5.74) is 3.46. The van der Waals surface area contributed by atoms with Crippen molar-refractivity contribution >= 4 is 21.6 Å². The van der Waals surface area contributed by atoms with Crippen LogP contribution < -0.4 is 9.64 Å². The van der Waals surface area contributed by atoms with E-state index in [0.717, 1.165) is 17.8 Å². The summed E-state index contributed by atoms with van der Waals surface area (Å²) < 4.78 is 5.81. The van der Waals surface area contributed by atoms with Gasteiger partial charge in [-0.15, -0.1) is 0 Å². The van der Waals surface area contributed by atoms with Crippen LogP contribution in [0, 0.1) is 6.92 Å². The average Bonchev–Trinajstić information content (AvgIpc) is 2.43. The minimum Gasteiger partial charge on any atom is -0.503 e. The number of aryl methyl sites for hydroxylation is 1. The largest absolute Gasteiger partial charge is 0.503 e. The van der Waals surface area contributed by atoms with Gasteiger partial charge >= 0.3 is 0 Å². The van der Waals surface area contributed by atoms with Crippen molar-refractivity contribution in [1.29, 1.82) is 0 Å². The van der Waals surface area contributed by atoms with E-state index in [-0.39, 0.29) is 5.75 Å². The van der Waals surface area contributed by atoms with Crippen LogP contribution in [-0.4, -0.2) is 19.3 Å². The highest BCUT2D eigenvalue weighted by atomic mass is 79.9. The van der Waals surface area contributed by atoms with Gasteiger partial charge in [0.25, 0.3) is 0 Å². The summed E-state index contributed by atoms with van der Waals surface area (Å²) in [7, 11) is 3.59. The zero-order chi connectivity index (χ0) is 14.7. The van der Waals surface area contributed by atoms with Crippen molar-refractivity contribution in [1.82, 2.24) is 0 Å². The highest BCUT2D eigenvalue weighted by Gasteiger charge is 2.10. The minimum absolute atomic E-state index is 0.134. The van der Waals surface area contributed by atoms with Gasteiger partial charge in [-0.1, -0.05) is 17.7 Å². The van der Waals surface area contributed by atoms with Gasteiger partial charge in [-0.3, -0.25) is 0 Å². The second kappa shape index (κ2) is 6.18. The molecule has 0 spiro atoms. The first-order valence-electron chi connectivity index (χ1n) is 6.34. The molecular formula is C16H18BrNO2. The standard InChI is InChI=1S/C16H18BrNO2/c1-11-4-6-13(7-5-11)18(2)10-12-8-14(17)16(19)15(9-12)20-3/h4-9,19H,10H2,1-3H3. The van der Waals surface area contributed by atoms with Crippen LogP contribution in [0.1, 0.15) is 11.1 Å². The van der Waals surface area contributed by atoms with E-state index in [4.69, 9.17) is 4.74 Å². The lowest BCUT2D eigenvalue weighted by Gasteiger charge is -2.20. The zero-order valence-electron chi connectivity index (χ0n) is 11.9. The molecule has 0 unspecified atom stereocenters. The second-order valence-electron chi connectivity index (χ2n) is 4.82. The molecular weight excluding hydrogens is 318 g/mol. The van der Waals surface area contributed by atoms with Crippen LogP contribution >= 0.6 is 15.9 Å². The topological polar surface area (TPSA) is 32.7 Å². The smallest absolute Gasteiger partial charge is 0.172 e. The number of rotatable bonds is 4. The van der Waals surface area contributed by atoms with E-state index in [1.165, 1.54) is 5.56 Å². The minimum atomic E-state index is 0.134. The fourth-order valence-electron chi connectivity index (χ4n) is 2.04. The van der Waals surface area contributed by atoms with Crippen molar-refractivity contribution < 1.29 is 9.84 Å². The van der Waals surface area contributed by atoms with Gasteiger partial charge in [-0.2, -0.15) is 0 Å². The highest BCUT2D eigenvalue weighted by Crippen LogP contribution is 2.35. The van der Waals surface area contributed by atoms with Crippen LogP contribution in [0.25, 0.3) is 0 Å². The molecule has 0 fully saturated rings. The molecule has 0 amide bonds. The molecule has 0 heterocycles. The molecule has 3 nitrogen and oxygen atoms in total. The number of methoxy groups -OCH3 is 1. The van der Waals surface area contributed by atoms with Gasteiger partial charge in [0.1, 0.15) is 0 Å². The molecule has 0 saturated heterocycles. The summed E-state index contributed by atoms with van der Waals surface area (Å²) in [6.45, 7) is 2.81. The van der Waals surface area contributed by atoms with Crippen molar-refractivity contribution in [2.24, 2.45) is 0 Å². The maximum Gasteiger partial charge on any atom is 0.172 e. The number of phenols is 1. The lowest BCUT2D eigenvalue weighted by molar-refractivity contribution is 0.371. The maximum absolute atomic E-state index is 9.82. The molecule has 106 valence electrons. The third kappa shape index (κ3) is 3.25. The molecule has 0 aliphatic heterocycles. The Morgan fingerprint density at radius 3 is 2.45 bits per heavy atom. The number of ether oxygens (including phenoxy) is 1. The summed E-state index contributed by atoms with van der Waals surface area (Å²) in [6.07, 6.45) is 0. The molecule has 0 saturated carbocycles. The van der Waals surface area contributed by atoms with Gasteiger partial charge in [-0.25, -0.2) is 0 Å². The monoisotopic (exact) mass is 335 g/mol. The van der Waals surface area contributed by atoms with Crippen LogP contribution in [0.15, 0.2) is 40.9 Å². The molecule has 0 atom stereocenters. The van der Waals surface area contributed by atoms with Crippen molar-refractivity contribution in [2.75, 3.05) is 19.1 Å². The summed E-state index contributed by atoms with van der Waals surface area (Å²) in [6, 6.07) is 12.1. The Labute approximate surface area is 127 Å². The second-order valence-corrected chi connectivity index (χ2v) is 5.67. The Bertz CT molecular complexity index is 596. The number of halogens is 1. The zero-order valence-corrected chi connectivity index (χ0v) is 13.4. The van der Waals surface area contributed by atoms with Gasteiger partial charge in [0, 0.05) is 19.3 Å². The van der Waals surface area contributed by atoms with Gasteiger partial charge < -0.3 is 14.7 Å². The number of hydrogen-bond acceptors (Lipinski definition) is 3. The number of anilines is 1. The molecule has 2 rings (SSSR count). The van der Waals surface area contributed by atoms with Crippen LogP contribution in [0.3, 0.4) is 0 Å². The van der Waals surface area contributed by atoms with Crippen LogP contribution in [0.5, 0.6) is 11.5 Å². The van der Waals surface area contributed by atoms with Gasteiger partial charge in [0.15, 0.2) is 11.5 Å². The Morgan fingerprint density at radius 1 is 1.20 bits per heavy atom. The van der Waals surface area contributed by atoms with E-state index >= 15 is 0 Å². The van der Waals surface area contributed by atoms with E-state index in [2.05, 4.69) is 52.0 Å². The fraction of sp³-hybridized carbons (Fsp3) is 0.250. The van der Waals surface area contributed by atoms with Crippen LogP contribution in [0.2, 0.25) is 0 Å². The third-order valence-electron chi connectivity index (χ3n) is 3.20. The summed E-state index contributed by atoms with van der Waals surface area (Å²) in [5, 5.41) is 9.82. The molecule has 0 radical (unpaired) electrons. The Hall–Kier alpha value is -1.68. The first-order chi connectivity index (χ1) is 9.51. The predicted molar refractivity (Wildman–Crippen MR) is 85.6 cm³/mol. The normalized spacial score (nSPS) is 10.4. The number of aromatic hydroxyl groups is 1. The summed E-state index contributed by atoms with van der Waals surface area (Å²) in [5.74, 6) is 0.612. The number of hydrogen-bond donors (Lipinski definition) is 1. The molecule has 20 heavy (non-hydrogen) atoms. The summed E-state index contributed by atoms with van der Waals surface area (Å²) >= 11 is 3.34. The van der Waals surface area contributed by atoms with E-state index in [0.29, 0.717) is 10.2 Å². The Morgan fingerprint density at radius 2 is 1.85 bits per heavy atom. The number of benzene rings is 2. The molecule has 2 aromatic carbocycles. The first kappa shape index (κ1) is 14.7. The van der Waals surface area contributed by atoms with E-state index in [1.54, 1.807) is 7.11 Å². The lowest BCUT2D eigenvalue weighted by Crippen LogP contribution is -2.16. The molecule has 1 N–H and O–H groups in total. The maximum atomic E-state index is 9.82. The Kier molecular flexibility index (Phi) is 4.55. The SMILES string of the molecule is COc1cc(CN(C)c2ccc(C)cc2)cc(Br)c1O. The molecule has 0 aromatic heterocycles. The Balaban J connectivity index is 2.21. The van der Waals surface area contributed by atoms with Crippen molar-refractivity contribution in [3.8, 4) is 11.5 Å². The number of phenolic OH excluding ortho intramolecular Hbond substituents is 1. The average molecular weight is 336 g/mol. The fourth-order valence-corrected chi connectivity index (χ4v) is 2.53. The molecule has 0 bridgehead atoms. The van der Waals surface area contributed by atoms with Gasteiger partial charge in [0.2, 0.25) is 0 Å². The lowest BCUT2D eigenvalue weighted by atomic mass is 10.1. The van der Waals surface area contributed by atoms with E-state index in [9.17, 15) is 5.11 Å². The quantitative estimate of drug-likeness (QED) is 0.912.